The first kappa shape index (κ1) is 23.5. The molecule has 7 heteroatoms. The number of esters is 1. The molecule has 6 nitrogen and oxygen atoms in total. The van der Waals surface area contributed by atoms with Crippen molar-refractivity contribution in [1.82, 2.24) is 10.6 Å². The Kier molecular flexibility index (Phi) is 13.9. The quantitative estimate of drug-likeness (QED) is 0.184. The number of carbonyl (C=O) groups is 1. The van der Waals surface area contributed by atoms with Crippen molar-refractivity contribution in [2.24, 2.45) is 4.99 Å². The summed E-state index contributed by atoms with van der Waals surface area (Å²) < 4.78 is 9.96. The molecule has 0 spiro atoms. The van der Waals surface area contributed by atoms with Crippen molar-refractivity contribution < 1.29 is 14.3 Å². The first-order valence-electron chi connectivity index (χ1n) is 8.34. The second-order valence-corrected chi connectivity index (χ2v) is 5.40. The van der Waals surface area contributed by atoms with Crippen LogP contribution in [0.5, 0.6) is 5.75 Å². The average molecular weight is 463 g/mol. The maximum Gasteiger partial charge on any atom is 0.305 e. The zero-order valence-electron chi connectivity index (χ0n) is 15.3. The molecule has 0 heterocycles. The first-order chi connectivity index (χ1) is 11.7. The molecule has 0 saturated heterocycles. The predicted octanol–water partition coefficient (Wildman–Crippen LogP) is 3.10. The third-order valence-electron chi connectivity index (χ3n) is 3.69. The summed E-state index contributed by atoms with van der Waals surface area (Å²) >= 11 is 0. The highest BCUT2D eigenvalue weighted by Gasteiger charge is 2.03. The van der Waals surface area contributed by atoms with Crippen molar-refractivity contribution >= 4 is 35.9 Å². The molecule has 0 aliphatic carbocycles. The molecule has 0 aliphatic heterocycles. The lowest BCUT2D eigenvalue weighted by Crippen LogP contribution is -2.37. The van der Waals surface area contributed by atoms with E-state index in [0.29, 0.717) is 13.0 Å². The lowest BCUT2D eigenvalue weighted by atomic mass is 10.1. The Labute approximate surface area is 167 Å². The minimum atomic E-state index is -0.130. The van der Waals surface area contributed by atoms with Gasteiger partial charge in [0.05, 0.1) is 14.2 Å². The molecule has 1 aromatic carbocycles. The van der Waals surface area contributed by atoms with E-state index in [1.165, 1.54) is 7.11 Å². The van der Waals surface area contributed by atoms with E-state index in [9.17, 15) is 4.79 Å². The number of para-hydroxylation sites is 1. The Morgan fingerprint density at radius 3 is 2.48 bits per heavy atom. The van der Waals surface area contributed by atoms with E-state index in [4.69, 9.17) is 4.74 Å². The van der Waals surface area contributed by atoms with Crippen LogP contribution in [0.15, 0.2) is 29.3 Å². The Bertz CT molecular complexity index is 524. The number of ether oxygens (including phenoxy) is 2. The van der Waals surface area contributed by atoms with Gasteiger partial charge in [-0.25, -0.2) is 0 Å². The molecule has 1 rings (SSSR count). The number of benzene rings is 1. The number of unbranched alkanes of at least 4 members (excludes halogenated alkanes) is 3. The normalized spacial score (nSPS) is 10.6. The molecule has 0 aromatic heterocycles. The lowest BCUT2D eigenvalue weighted by Gasteiger charge is -2.13. The molecule has 142 valence electrons. The number of guanidine groups is 1. The number of aliphatic imine (C=N–C) groups is 1. The third kappa shape index (κ3) is 10.2. The molecule has 0 radical (unpaired) electrons. The number of halogens is 1. The van der Waals surface area contributed by atoms with Gasteiger partial charge >= 0.3 is 5.97 Å². The van der Waals surface area contributed by atoms with E-state index >= 15 is 0 Å². The molecule has 25 heavy (non-hydrogen) atoms. The first-order valence-corrected chi connectivity index (χ1v) is 8.34. The second-order valence-electron chi connectivity index (χ2n) is 5.40. The van der Waals surface area contributed by atoms with Gasteiger partial charge in [-0.3, -0.25) is 9.79 Å². The summed E-state index contributed by atoms with van der Waals surface area (Å²) in [4.78, 5) is 15.2. The van der Waals surface area contributed by atoms with Crippen LogP contribution >= 0.6 is 24.0 Å². The molecule has 0 unspecified atom stereocenters. The molecule has 0 saturated carbocycles. The monoisotopic (exact) mass is 463 g/mol. The fourth-order valence-corrected chi connectivity index (χ4v) is 2.31. The van der Waals surface area contributed by atoms with Crippen LogP contribution in [0.1, 0.15) is 37.7 Å². The van der Waals surface area contributed by atoms with Crippen LogP contribution in [0.2, 0.25) is 0 Å². The van der Waals surface area contributed by atoms with Gasteiger partial charge in [-0.1, -0.05) is 31.0 Å². The van der Waals surface area contributed by atoms with Crippen molar-refractivity contribution in [2.45, 2.75) is 38.6 Å². The predicted molar refractivity (Wildman–Crippen MR) is 112 cm³/mol. The van der Waals surface area contributed by atoms with Crippen molar-refractivity contribution in [3.05, 3.63) is 29.8 Å². The zero-order valence-corrected chi connectivity index (χ0v) is 17.7. The molecule has 1 aromatic rings. The molecule has 0 amide bonds. The number of rotatable bonds is 10. The summed E-state index contributed by atoms with van der Waals surface area (Å²) in [6.07, 6.45) is 4.54. The molecule has 0 bridgehead atoms. The Morgan fingerprint density at radius 1 is 1.08 bits per heavy atom. The van der Waals surface area contributed by atoms with E-state index in [0.717, 1.165) is 49.5 Å². The van der Waals surface area contributed by atoms with E-state index in [2.05, 4.69) is 20.4 Å². The molecule has 0 atom stereocenters. The maximum atomic E-state index is 11.0. The largest absolute Gasteiger partial charge is 0.496 e. The molecule has 0 aliphatic rings. The van der Waals surface area contributed by atoms with Gasteiger partial charge in [-0.15, -0.1) is 24.0 Å². The van der Waals surface area contributed by atoms with E-state index < -0.39 is 0 Å². The van der Waals surface area contributed by atoms with E-state index in [1.54, 1.807) is 14.2 Å². The lowest BCUT2D eigenvalue weighted by molar-refractivity contribution is -0.140. The minimum Gasteiger partial charge on any atom is -0.496 e. The van der Waals surface area contributed by atoms with Gasteiger partial charge in [0.1, 0.15) is 5.75 Å². The van der Waals surface area contributed by atoms with Crippen LogP contribution in [0.25, 0.3) is 0 Å². The maximum absolute atomic E-state index is 11.0. The van der Waals surface area contributed by atoms with Gasteiger partial charge < -0.3 is 20.1 Å². The highest BCUT2D eigenvalue weighted by atomic mass is 127. The van der Waals surface area contributed by atoms with Crippen molar-refractivity contribution in [3.8, 4) is 5.75 Å². The van der Waals surface area contributed by atoms with Gasteiger partial charge in [0, 0.05) is 32.1 Å². The number of hydrogen-bond donors (Lipinski definition) is 2. The number of carbonyl (C=O) groups excluding carboxylic acids is 1. The second kappa shape index (κ2) is 14.8. The SMILES string of the molecule is CN=C(NCCCCCCC(=O)OC)NCc1ccccc1OC.I. The van der Waals surface area contributed by atoms with Crippen molar-refractivity contribution in [1.29, 1.82) is 0 Å². The number of hydrogen-bond acceptors (Lipinski definition) is 4. The summed E-state index contributed by atoms with van der Waals surface area (Å²) in [6, 6.07) is 7.92. The summed E-state index contributed by atoms with van der Waals surface area (Å²) in [7, 11) is 4.86. The Morgan fingerprint density at radius 2 is 1.80 bits per heavy atom. The van der Waals surface area contributed by atoms with Gasteiger partial charge in [-0.2, -0.15) is 0 Å². The molecular weight excluding hydrogens is 433 g/mol. The number of nitrogens with zero attached hydrogens (tertiary/aromatic N) is 1. The van der Waals surface area contributed by atoms with Crippen LogP contribution < -0.4 is 15.4 Å². The molecular formula is C18H30IN3O3. The van der Waals surface area contributed by atoms with Crippen LogP contribution in [-0.4, -0.2) is 39.7 Å². The fraction of sp³-hybridized carbons (Fsp3) is 0.556. The van der Waals surface area contributed by atoms with Crippen LogP contribution in [0, 0.1) is 0 Å². The van der Waals surface area contributed by atoms with Gasteiger partial charge in [-0.05, 0) is 18.9 Å². The molecule has 2 N–H and O–H groups in total. The summed E-state index contributed by atoms with van der Waals surface area (Å²) in [6.45, 7) is 1.51. The van der Waals surface area contributed by atoms with Gasteiger partial charge in [0.2, 0.25) is 0 Å². The summed E-state index contributed by atoms with van der Waals surface area (Å²) in [5.74, 6) is 1.51. The van der Waals surface area contributed by atoms with Gasteiger partial charge in [0.25, 0.3) is 0 Å². The van der Waals surface area contributed by atoms with Crippen molar-refractivity contribution in [2.75, 3.05) is 27.8 Å². The summed E-state index contributed by atoms with van der Waals surface area (Å²) in [5.41, 5.74) is 1.09. The third-order valence-corrected chi connectivity index (χ3v) is 3.69. The Hall–Kier alpha value is -1.51. The zero-order chi connectivity index (χ0) is 17.6. The highest BCUT2D eigenvalue weighted by molar-refractivity contribution is 14.0. The Balaban J connectivity index is 0.00000576. The fourth-order valence-electron chi connectivity index (χ4n) is 2.31. The minimum absolute atomic E-state index is 0. The topological polar surface area (TPSA) is 72.0 Å². The molecule has 0 fully saturated rings. The highest BCUT2D eigenvalue weighted by Crippen LogP contribution is 2.16. The van der Waals surface area contributed by atoms with Crippen LogP contribution in [0.3, 0.4) is 0 Å². The van der Waals surface area contributed by atoms with Crippen molar-refractivity contribution in [3.63, 3.8) is 0 Å². The van der Waals surface area contributed by atoms with Gasteiger partial charge in [0.15, 0.2) is 5.96 Å². The smallest absolute Gasteiger partial charge is 0.305 e. The van der Waals surface area contributed by atoms with E-state index in [-0.39, 0.29) is 29.9 Å². The number of methoxy groups -OCH3 is 2. The van der Waals surface area contributed by atoms with E-state index in [1.807, 2.05) is 24.3 Å². The summed E-state index contributed by atoms with van der Waals surface area (Å²) in [5, 5.41) is 6.58. The van der Waals surface area contributed by atoms with Crippen LogP contribution in [-0.2, 0) is 16.1 Å². The average Bonchev–Trinajstić information content (AvgIpc) is 2.63. The standard InChI is InChI=1S/C18H29N3O3.HI/c1-19-18(20-13-9-5-4-6-12-17(22)24-3)21-14-15-10-7-8-11-16(15)23-2;/h7-8,10-11H,4-6,9,12-14H2,1-3H3,(H2,19,20,21);1H. The number of nitrogens with one attached hydrogen (secondary N) is 2. The van der Waals surface area contributed by atoms with Crippen LogP contribution in [0.4, 0.5) is 0 Å².